The van der Waals surface area contributed by atoms with Gasteiger partial charge in [0.2, 0.25) is 5.91 Å². The Morgan fingerprint density at radius 3 is 2.27 bits per heavy atom. The van der Waals surface area contributed by atoms with E-state index < -0.39 is 0 Å². The van der Waals surface area contributed by atoms with E-state index in [-0.39, 0.29) is 36.8 Å². The van der Waals surface area contributed by atoms with Gasteiger partial charge >= 0.3 is 0 Å². The summed E-state index contributed by atoms with van der Waals surface area (Å²) in [6.45, 7) is 0. The van der Waals surface area contributed by atoms with E-state index in [1.165, 1.54) is 0 Å². The van der Waals surface area contributed by atoms with Gasteiger partial charge in [-0.05, 0) is 12.3 Å². The molecular formula is C6H10Cl2N2O. The molecule has 64 valence electrons. The Kier molecular flexibility index (Phi) is 7.15. The normalized spacial score (nSPS) is 19.1. The van der Waals surface area contributed by atoms with Gasteiger partial charge in [-0.1, -0.05) is 12.2 Å². The molecule has 0 aromatic rings. The van der Waals surface area contributed by atoms with Crippen molar-refractivity contribution in [1.29, 1.82) is 0 Å². The summed E-state index contributed by atoms with van der Waals surface area (Å²) < 4.78 is 0. The maximum Gasteiger partial charge on any atom is 0.243 e. The van der Waals surface area contributed by atoms with Gasteiger partial charge in [0.05, 0.1) is 0 Å². The number of rotatable bonds is 1. The van der Waals surface area contributed by atoms with E-state index in [9.17, 15) is 4.79 Å². The molecule has 0 aromatic carbocycles. The summed E-state index contributed by atoms with van der Waals surface area (Å²) in [5.41, 5.74) is 4.98. The molecule has 1 aliphatic heterocycles. The van der Waals surface area contributed by atoms with Crippen molar-refractivity contribution in [3.05, 3.63) is 24.4 Å². The molecule has 1 amide bonds. The summed E-state index contributed by atoms with van der Waals surface area (Å²) >= 11 is 0. The second kappa shape index (κ2) is 6.07. The Labute approximate surface area is 77.5 Å². The number of carbonyl (C=O) groups excluding carboxylic acids is 1. The molecule has 1 aliphatic rings. The second-order valence-corrected chi connectivity index (χ2v) is 1.79. The first kappa shape index (κ1) is 13.0. The maximum absolute atomic E-state index is 10.4. The van der Waals surface area contributed by atoms with Crippen LogP contribution >= 0.6 is 24.8 Å². The van der Waals surface area contributed by atoms with E-state index in [1.54, 1.807) is 24.4 Å². The third-order valence-corrected chi connectivity index (χ3v) is 1.09. The number of primary amides is 1. The van der Waals surface area contributed by atoms with E-state index in [0.29, 0.717) is 0 Å². The summed E-state index contributed by atoms with van der Waals surface area (Å²) in [4.78, 5) is 10.4. The van der Waals surface area contributed by atoms with Gasteiger partial charge in [0.1, 0.15) is 6.04 Å². The monoisotopic (exact) mass is 196 g/mol. The molecule has 3 N–H and O–H groups in total. The molecule has 0 radical (unpaired) electrons. The fraction of sp³-hybridized carbons (Fsp3) is 0.167. The summed E-state index contributed by atoms with van der Waals surface area (Å²) in [5.74, 6) is -0.351. The Balaban J connectivity index is 0. The van der Waals surface area contributed by atoms with Crippen molar-refractivity contribution in [2.45, 2.75) is 6.04 Å². The maximum atomic E-state index is 10.4. The Hall–Kier alpha value is -0.670. The lowest BCUT2D eigenvalue weighted by Crippen LogP contribution is -2.37. The third-order valence-electron chi connectivity index (χ3n) is 1.09. The Morgan fingerprint density at radius 1 is 1.36 bits per heavy atom. The van der Waals surface area contributed by atoms with Gasteiger partial charge in [0.25, 0.3) is 0 Å². The molecule has 0 fully saturated rings. The number of dihydropyridines is 1. The number of amides is 1. The van der Waals surface area contributed by atoms with Crippen molar-refractivity contribution in [3.8, 4) is 0 Å². The van der Waals surface area contributed by atoms with Crippen LogP contribution in [-0.4, -0.2) is 11.9 Å². The summed E-state index contributed by atoms with van der Waals surface area (Å²) in [5, 5.41) is 2.78. The minimum Gasteiger partial charge on any atom is -0.377 e. The number of hydrogen-bond donors (Lipinski definition) is 2. The van der Waals surface area contributed by atoms with E-state index in [2.05, 4.69) is 5.32 Å². The lowest BCUT2D eigenvalue weighted by molar-refractivity contribution is -0.118. The van der Waals surface area contributed by atoms with Gasteiger partial charge in [-0.3, -0.25) is 4.79 Å². The summed E-state index contributed by atoms with van der Waals surface area (Å²) in [7, 11) is 0. The van der Waals surface area contributed by atoms with Crippen LogP contribution < -0.4 is 11.1 Å². The van der Waals surface area contributed by atoms with Crippen LogP contribution in [0.15, 0.2) is 24.4 Å². The smallest absolute Gasteiger partial charge is 0.243 e. The molecule has 0 saturated carbocycles. The molecule has 1 atom stereocenters. The molecule has 5 heteroatoms. The number of nitrogens with two attached hydrogens (primary N) is 1. The molecule has 1 rings (SSSR count). The lowest BCUT2D eigenvalue weighted by atomic mass is 10.2. The van der Waals surface area contributed by atoms with Gasteiger partial charge in [-0.2, -0.15) is 0 Å². The van der Waals surface area contributed by atoms with Crippen molar-refractivity contribution in [1.82, 2.24) is 5.32 Å². The van der Waals surface area contributed by atoms with E-state index in [1.807, 2.05) is 0 Å². The first-order valence-electron chi connectivity index (χ1n) is 2.69. The standard InChI is InChI=1S/C6H8N2O.2ClH/c7-6(9)5-3-1-2-4-8-5;;/h1-5,8H,(H2,7,9);2*1H. The number of halogens is 2. The average molecular weight is 197 g/mol. The van der Waals surface area contributed by atoms with Crippen LogP contribution in [0.5, 0.6) is 0 Å². The predicted octanol–water partition coefficient (Wildman–Crippen LogP) is 0.357. The van der Waals surface area contributed by atoms with E-state index in [0.717, 1.165) is 0 Å². The van der Waals surface area contributed by atoms with Crippen LogP contribution in [0.4, 0.5) is 0 Å². The fourth-order valence-corrected chi connectivity index (χ4v) is 0.623. The van der Waals surface area contributed by atoms with Crippen LogP contribution in [-0.2, 0) is 4.79 Å². The SMILES string of the molecule is Cl.Cl.NC(=O)C1C=CC=CN1. The lowest BCUT2D eigenvalue weighted by Gasteiger charge is -2.10. The number of carbonyl (C=O) groups is 1. The van der Waals surface area contributed by atoms with E-state index in [4.69, 9.17) is 5.73 Å². The average Bonchev–Trinajstić information content (AvgIpc) is 1.90. The fourth-order valence-electron chi connectivity index (χ4n) is 0.623. The van der Waals surface area contributed by atoms with Crippen molar-refractivity contribution in [3.63, 3.8) is 0 Å². The molecule has 1 unspecified atom stereocenters. The highest BCUT2D eigenvalue weighted by Crippen LogP contribution is 1.91. The molecule has 0 bridgehead atoms. The topological polar surface area (TPSA) is 55.1 Å². The Bertz CT molecular complexity index is 179. The molecule has 0 aromatic heterocycles. The highest BCUT2D eigenvalue weighted by Gasteiger charge is 2.08. The van der Waals surface area contributed by atoms with Crippen molar-refractivity contribution in [2.24, 2.45) is 5.73 Å². The molecule has 11 heavy (non-hydrogen) atoms. The zero-order valence-electron chi connectivity index (χ0n) is 5.69. The van der Waals surface area contributed by atoms with Crippen molar-refractivity contribution < 1.29 is 4.79 Å². The summed E-state index contributed by atoms with van der Waals surface area (Å²) in [6, 6.07) is -0.324. The minimum absolute atomic E-state index is 0. The van der Waals surface area contributed by atoms with Crippen LogP contribution in [0.3, 0.4) is 0 Å². The van der Waals surface area contributed by atoms with Crippen molar-refractivity contribution >= 4 is 30.7 Å². The number of nitrogens with one attached hydrogen (secondary N) is 1. The van der Waals surface area contributed by atoms with Gasteiger partial charge < -0.3 is 11.1 Å². The second-order valence-electron chi connectivity index (χ2n) is 1.79. The zero-order valence-corrected chi connectivity index (χ0v) is 7.32. The quantitative estimate of drug-likeness (QED) is 0.637. The molecule has 0 aliphatic carbocycles. The first-order chi connectivity index (χ1) is 4.30. The van der Waals surface area contributed by atoms with Crippen LogP contribution in [0.1, 0.15) is 0 Å². The van der Waals surface area contributed by atoms with Crippen LogP contribution in [0.25, 0.3) is 0 Å². The van der Waals surface area contributed by atoms with E-state index >= 15 is 0 Å². The molecular weight excluding hydrogens is 187 g/mol. The Morgan fingerprint density at radius 2 is 2.00 bits per heavy atom. The molecule has 0 saturated heterocycles. The minimum atomic E-state index is -0.351. The van der Waals surface area contributed by atoms with Crippen LogP contribution in [0.2, 0.25) is 0 Å². The first-order valence-corrected chi connectivity index (χ1v) is 2.69. The van der Waals surface area contributed by atoms with Gasteiger partial charge in [-0.15, -0.1) is 24.8 Å². The van der Waals surface area contributed by atoms with Gasteiger partial charge in [0, 0.05) is 0 Å². The van der Waals surface area contributed by atoms with Crippen LogP contribution in [0, 0.1) is 0 Å². The van der Waals surface area contributed by atoms with Gasteiger partial charge in [0.15, 0.2) is 0 Å². The molecule has 1 heterocycles. The summed E-state index contributed by atoms with van der Waals surface area (Å²) in [6.07, 6.45) is 6.99. The predicted molar refractivity (Wildman–Crippen MR) is 48.9 cm³/mol. The molecule has 3 nitrogen and oxygen atoms in total. The number of allylic oxidation sites excluding steroid dienone is 2. The molecule has 0 spiro atoms. The van der Waals surface area contributed by atoms with Crippen molar-refractivity contribution in [2.75, 3.05) is 0 Å². The third kappa shape index (κ3) is 3.91. The van der Waals surface area contributed by atoms with Gasteiger partial charge in [-0.25, -0.2) is 0 Å². The zero-order chi connectivity index (χ0) is 6.69. The highest BCUT2D eigenvalue weighted by molar-refractivity contribution is 5.85. The largest absolute Gasteiger partial charge is 0.377 e. The highest BCUT2D eigenvalue weighted by atomic mass is 35.5. The number of hydrogen-bond acceptors (Lipinski definition) is 2.